The summed E-state index contributed by atoms with van der Waals surface area (Å²) in [5.74, 6) is -2.59. The quantitative estimate of drug-likeness (QED) is 0.0396. The molecule has 0 saturated heterocycles. The zero-order valence-corrected chi connectivity index (χ0v) is 32.7. The zero-order valence-electron chi connectivity index (χ0n) is 32.7. The van der Waals surface area contributed by atoms with Crippen molar-refractivity contribution in [1.82, 2.24) is 30.4 Å². The minimum absolute atomic E-state index is 0.174. The van der Waals surface area contributed by atoms with Crippen molar-refractivity contribution in [2.75, 3.05) is 63.0 Å². The van der Waals surface area contributed by atoms with Crippen LogP contribution in [0, 0.1) is 0 Å². The summed E-state index contributed by atoms with van der Waals surface area (Å²) in [5, 5.41) is 19.3. The summed E-state index contributed by atoms with van der Waals surface area (Å²) in [4.78, 5) is 86.8. The van der Waals surface area contributed by atoms with E-state index in [1.165, 1.54) is 31.2 Å². The van der Waals surface area contributed by atoms with Gasteiger partial charge in [-0.05, 0) is 114 Å². The number of hydrogen-bond acceptors (Lipinski definition) is 10. The summed E-state index contributed by atoms with van der Waals surface area (Å²) in [6, 6.07) is 13.9. The van der Waals surface area contributed by atoms with Crippen LogP contribution in [0.5, 0.6) is 0 Å². The van der Waals surface area contributed by atoms with E-state index in [0.717, 1.165) is 52.1 Å². The van der Waals surface area contributed by atoms with Gasteiger partial charge in [0.15, 0.2) is 5.78 Å². The van der Waals surface area contributed by atoms with Gasteiger partial charge in [0.25, 0.3) is 23.6 Å². The standard InChI is InChI=1S/C40H52N10O6/c1-6-49(7-2)19-11-17-41-36(52)28-21-29(37(53)42-18-12-20-50(8-3)9-4)24-32(23-28)44-38(54)27-13-10-14-31(22-27)47-48-35(26(5)51)39(55)43-30-15-16-33-34(25-30)46-40(56)45-33/h10,13-16,21-25,35H,6-9,11-12,17-20H2,1-5H3,(H,41,52)(H,42,53)(H,43,55)(H,44,54)(H2,45,46,56). The maximum atomic E-state index is 13.5. The number of anilines is 2. The van der Waals surface area contributed by atoms with Crippen molar-refractivity contribution in [1.29, 1.82) is 0 Å². The number of H-pyrrole nitrogens is 2. The van der Waals surface area contributed by atoms with Gasteiger partial charge in [-0.1, -0.05) is 33.8 Å². The van der Waals surface area contributed by atoms with E-state index < -0.39 is 29.3 Å². The normalized spacial score (nSPS) is 11.9. The molecule has 0 aliphatic carbocycles. The van der Waals surface area contributed by atoms with Crippen molar-refractivity contribution >= 4 is 57.5 Å². The number of nitrogens with one attached hydrogen (secondary N) is 6. The van der Waals surface area contributed by atoms with Gasteiger partial charge >= 0.3 is 5.69 Å². The number of Topliss-reactive ketones (excluding diaryl/α,β-unsaturated/α-hetero) is 1. The highest BCUT2D eigenvalue weighted by Crippen LogP contribution is 2.21. The summed E-state index contributed by atoms with van der Waals surface area (Å²) >= 11 is 0. The Bertz CT molecular complexity index is 2030. The summed E-state index contributed by atoms with van der Waals surface area (Å²) in [5.41, 5.74) is 2.02. The van der Waals surface area contributed by atoms with E-state index in [1.807, 2.05) is 0 Å². The van der Waals surface area contributed by atoms with Crippen LogP contribution in [0.4, 0.5) is 17.1 Å². The van der Waals surface area contributed by atoms with Gasteiger partial charge in [0.05, 0.1) is 16.7 Å². The van der Waals surface area contributed by atoms with Gasteiger partial charge in [-0.15, -0.1) is 0 Å². The highest BCUT2D eigenvalue weighted by atomic mass is 16.2. The molecule has 0 saturated carbocycles. The molecule has 56 heavy (non-hydrogen) atoms. The smallest absolute Gasteiger partial charge is 0.323 e. The number of nitrogens with zero attached hydrogens (tertiary/aromatic N) is 4. The van der Waals surface area contributed by atoms with Gasteiger partial charge in [0.2, 0.25) is 6.04 Å². The maximum absolute atomic E-state index is 13.5. The van der Waals surface area contributed by atoms with Gasteiger partial charge in [0.1, 0.15) is 0 Å². The van der Waals surface area contributed by atoms with E-state index in [1.54, 1.807) is 36.4 Å². The fourth-order valence-corrected chi connectivity index (χ4v) is 5.93. The largest absolute Gasteiger partial charge is 0.352 e. The molecule has 0 aliphatic heterocycles. The lowest BCUT2D eigenvalue weighted by Gasteiger charge is -2.18. The number of fused-ring (bicyclic) bond motifs is 1. The predicted molar refractivity (Wildman–Crippen MR) is 217 cm³/mol. The molecular weight excluding hydrogens is 717 g/mol. The molecule has 6 N–H and O–H groups in total. The molecule has 0 spiro atoms. The Morgan fingerprint density at radius 3 is 1.82 bits per heavy atom. The van der Waals surface area contributed by atoms with Crippen LogP contribution in [-0.2, 0) is 9.59 Å². The highest BCUT2D eigenvalue weighted by molar-refractivity contribution is 6.10. The van der Waals surface area contributed by atoms with Crippen LogP contribution in [0.25, 0.3) is 11.0 Å². The average Bonchev–Trinajstić information content (AvgIpc) is 3.57. The fraction of sp³-hybridized carbons (Fsp3) is 0.400. The summed E-state index contributed by atoms with van der Waals surface area (Å²) in [6.07, 6.45) is 1.51. The Balaban J connectivity index is 1.48. The van der Waals surface area contributed by atoms with Crippen molar-refractivity contribution in [3.8, 4) is 0 Å². The Kier molecular flexibility index (Phi) is 16.2. The number of aromatic amines is 2. The number of imidazole rings is 1. The molecule has 1 unspecified atom stereocenters. The molecule has 4 aromatic rings. The molecule has 4 rings (SSSR count). The SMILES string of the molecule is CCN(CC)CCCNC(=O)c1cc(NC(=O)c2cccc(N=NC(C(C)=O)C(=O)Nc3ccc4[nH]c(=O)[nH]c4c3)c2)cc(C(=O)NCCCN(CC)CC)c1. The van der Waals surface area contributed by atoms with Crippen LogP contribution in [0.3, 0.4) is 0 Å². The number of aromatic nitrogens is 2. The number of amides is 4. The number of rotatable bonds is 21. The lowest BCUT2D eigenvalue weighted by molar-refractivity contribution is -0.126. The van der Waals surface area contributed by atoms with Crippen LogP contribution in [0.2, 0.25) is 0 Å². The summed E-state index contributed by atoms with van der Waals surface area (Å²) < 4.78 is 0. The third kappa shape index (κ3) is 12.5. The van der Waals surface area contributed by atoms with E-state index in [4.69, 9.17) is 0 Å². The monoisotopic (exact) mass is 768 g/mol. The first kappa shape index (κ1) is 42.7. The van der Waals surface area contributed by atoms with Crippen molar-refractivity contribution in [3.63, 3.8) is 0 Å². The van der Waals surface area contributed by atoms with Crippen molar-refractivity contribution in [2.45, 2.75) is 53.5 Å². The maximum Gasteiger partial charge on any atom is 0.323 e. The topological polar surface area (TPSA) is 213 Å². The van der Waals surface area contributed by atoms with E-state index >= 15 is 0 Å². The number of azo groups is 1. The molecule has 0 radical (unpaired) electrons. The van der Waals surface area contributed by atoms with Crippen LogP contribution in [0.1, 0.15) is 78.5 Å². The predicted octanol–water partition coefficient (Wildman–Crippen LogP) is 4.71. The van der Waals surface area contributed by atoms with E-state index in [0.29, 0.717) is 29.8 Å². The first-order valence-electron chi connectivity index (χ1n) is 19.0. The minimum atomic E-state index is -1.48. The van der Waals surface area contributed by atoms with E-state index in [9.17, 15) is 28.8 Å². The molecule has 16 nitrogen and oxygen atoms in total. The Morgan fingerprint density at radius 2 is 1.25 bits per heavy atom. The molecule has 3 aromatic carbocycles. The molecule has 4 amide bonds. The second-order valence-corrected chi connectivity index (χ2v) is 13.1. The third-order valence-electron chi connectivity index (χ3n) is 9.19. The number of benzene rings is 3. The zero-order chi connectivity index (χ0) is 40.6. The second-order valence-electron chi connectivity index (χ2n) is 13.1. The summed E-state index contributed by atoms with van der Waals surface area (Å²) in [6.45, 7) is 15.8. The van der Waals surface area contributed by atoms with Crippen LogP contribution < -0.4 is 27.0 Å². The summed E-state index contributed by atoms with van der Waals surface area (Å²) in [7, 11) is 0. The number of ketones is 1. The second kappa shape index (κ2) is 21.2. The Hall–Kier alpha value is -6.00. The molecule has 1 heterocycles. The third-order valence-corrected chi connectivity index (χ3v) is 9.19. The average molecular weight is 769 g/mol. The number of carbonyl (C=O) groups is 5. The molecule has 1 aromatic heterocycles. The van der Waals surface area contributed by atoms with Gasteiger partial charge in [-0.3, -0.25) is 24.0 Å². The molecular formula is C40H52N10O6. The molecule has 0 aliphatic rings. The van der Waals surface area contributed by atoms with E-state index in [2.05, 4.69) is 79.0 Å². The molecule has 1 atom stereocenters. The van der Waals surface area contributed by atoms with Gasteiger partial charge in [-0.2, -0.15) is 10.2 Å². The first-order chi connectivity index (χ1) is 26.9. The lowest BCUT2D eigenvalue weighted by atomic mass is 10.1. The van der Waals surface area contributed by atoms with E-state index in [-0.39, 0.29) is 39.9 Å². The van der Waals surface area contributed by atoms with Gasteiger partial charge < -0.3 is 41.0 Å². The van der Waals surface area contributed by atoms with Gasteiger partial charge in [-0.25, -0.2) is 4.79 Å². The van der Waals surface area contributed by atoms with Crippen LogP contribution in [-0.4, -0.2) is 108 Å². The van der Waals surface area contributed by atoms with Crippen molar-refractivity contribution in [2.24, 2.45) is 10.2 Å². The van der Waals surface area contributed by atoms with Crippen molar-refractivity contribution in [3.05, 3.63) is 87.8 Å². The lowest BCUT2D eigenvalue weighted by Crippen LogP contribution is -2.31. The fourth-order valence-electron chi connectivity index (χ4n) is 5.93. The van der Waals surface area contributed by atoms with Crippen LogP contribution in [0.15, 0.2) is 75.7 Å². The van der Waals surface area contributed by atoms with Crippen molar-refractivity contribution < 1.29 is 24.0 Å². The number of carbonyl (C=O) groups excluding carboxylic acids is 5. The minimum Gasteiger partial charge on any atom is -0.352 e. The number of hydrogen-bond donors (Lipinski definition) is 6. The molecule has 0 fully saturated rings. The first-order valence-corrected chi connectivity index (χ1v) is 19.0. The van der Waals surface area contributed by atoms with Crippen LogP contribution >= 0.6 is 0 Å². The molecule has 0 bridgehead atoms. The van der Waals surface area contributed by atoms with Gasteiger partial charge in [0, 0.05) is 41.2 Å². The Labute approximate surface area is 325 Å². The molecule has 16 heteroatoms. The highest BCUT2D eigenvalue weighted by Gasteiger charge is 2.24. The molecule has 298 valence electrons. The Morgan fingerprint density at radius 1 is 0.661 bits per heavy atom.